The van der Waals surface area contributed by atoms with Gasteiger partial charge in [-0.05, 0) is 24.6 Å². The molecule has 3 heteroatoms. The molecule has 0 saturated carbocycles. The molecule has 1 atom stereocenters. The summed E-state index contributed by atoms with van der Waals surface area (Å²) in [5.41, 5.74) is 2.53. The van der Waals surface area contributed by atoms with Gasteiger partial charge in [0.15, 0.2) is 11.5 Å². The fourth-order valence-corrected chi connectivity index (χ4v) is 2.05. The van der Waals surface area contributed by atoms with Gasteiger partial charge in [0, 0.05) is 12.0 Å². The van der Waals surface area contributed by atoms with Gasteiger partial charge in [-0.15, -0.1) is 0 Å². The van der Waals surface area contributed by atoms with Gasteiger partial charge in [0.2, 0.25) is 0 Å². The Labute approximate surface area is 83.7 Å². The van der Waals surface area contributed by atoms with Crippen molar-refractivity contribution in [3.05, 3.63) is 23.3 Å². The van der Waals surface area contributed by atoms with Crippen molar-refractivity contribution in [2.45, 2.75) is 19.4 Å². The molecule has 2 rings (SSSR count). The van der Waals surface area contributed by atoms with E-state index in [0.717, 1.165) is 13.0 Å². The predicted octanol–water partition coefficient (Wildman–Crippen LogP) is 0.581. The van der Waals surface area contributed by atoms with Crippen molar-refractivity contribution >= 4 is 0 Å². The van der Waals surface area contributed by atoms with E-state index in [1.807, 2.05) is 12.1 Å². The van der Waals surface area contributed by atoms with Gasteiger partial charge < -0.3 is 15.2 Å². The molecule has 0 bridgehead atoms. The number of aromatic hydroxyl groups is 1. The van der Waals surface area contributed by atoms with Gasteiger partial charge in [-0.25, -0.2) is 0 Å². The largest absolute Gasteiger partial charge is 0.504 e. The molecule has 0 aromatic heterocycles. The monoisotopic (exact) mass is 194 g/mol. The molecule has 14 heavy (non-hydrogen) atoms. The van der Waals surface area contributed by atoms with Crippen LogP contribution in [0.2, 0.25) is 0 Å². The number of nitrogens with two attached hydrogens (primary N) is 1. The van der Waals surface area contributed by atoms with E-state index in [0.29, 0.717) is 11.8 Å². The summed E-state index contributed by atoms with van der Waals surface area (Å²) in [4.78, 5) is 0. The summed E-state index contributed by atoms with van der Waals surface area (Å²) in [5.74, 6) is 0.825. The summed E-state index contributed by atoms with van der Waals surface area (Å²) in [5, 5.41) is 11.9. The molecule has 3 N–H and O–H groups in total. The number of methoxy groups -OCH3 is 1. The van der Waals surface area contributed by atoms with Crippen LogP contribution in [0.25, 0.3) is 0 Å². The van der Waals surface area contributed by atoms with Crippen LogP contribution in [0.15, 0.2) is 12.1 Å². The third kappa shape index (κ3) is 1.44. The molecule has 0 fully saturated rings. The Hall–Kier alpha value is -1.22. The highest BCUT2D eigenvalue weighted by Crippen LogP contribution is 2.32. The van der Waals surface area contributed by atoms with E-state index in [1.54, 1.807) is 7.11 Å². The van der Waals surface area contributed by atoms with Crippen LogP contribution in [0.4, 0.5) is 0 Å². The summed E-state index contributed by atoms with van der Waals surface area (Å²) >= 11 is 0. The number of quaternary nitrogens is 1. The second kappa shape index (κ2) is 3.50. The number of fused-ring (bicyclic) bond motifs is 1. The summed E-state index contributed by atoms with van der Waals surface area (Å²) in [7, 11) is 1.58. The van der Waals surface area contributed by atoms with Crippen LogP contribution in [-0.4, -0.2) is 18.8 Å². The van der Waals surface area contributed by atoms with Crippen LogP contribution < -0.4 is 10.1 Å². The number of ether oxygens (including phenoxy) is 1. The van der Waals surface area contributed by atoms with E-state index >= 15 is 0 Å². The summed E-state index contributed by atoms with van der Waals surface area (Å²) in [6, 6.07) is 4.25. The average Bonchev–Trinajstić information content (AvgIpc) is 2.17. The lowest BCUT2D eigenvalue weighted by atomic mass is 9.95. The molecule has 0 amide bonds. The first-order valence-corrected chi connectivity index (χ1v) is 4.95. The highest BCUT2D eigenvalue weighted by Gasteiger charge is 2.21. The minimum atomic E-state index is 0.250. The van der Waals surface area contributed by atoms with Crippen molar-refractivity contribution in [2.75, 3.05) is 13.7 Å². The third-order valence-corrected chi connectivity index (χ3v) is 2.87. The Kier molecular flexibility index (Phi) is 2.33. The fourth-order valence-electron chi connectivity index (χ4n) is 2.05. The highest BCUT2D eigenvalue weighted by molar-refractivity contribution is 5.47. The highest BCUT2D eigenvalue weighted by atomic mass is 16.5. The maximum atomic E-state index is 9.62. The molecule has 1 aromatic rings. The number of benzene rings is 1. The van der Waals surface area contributed by atoms with Crippen LogP contribution >= 0.6 is 0 Å². The zero-order valence-electron chi connectivity index (χ0n) is 8.58. The number of phenolic OH excluding ortho intramolecular Hbond substituents is 1. The van der Waals surface area contributed by atoms with E-state index in [4.69, 9.17) is 4.74 Å². The molecule has 0 aliphatic carbocycles. The van der Waals surface area contributed by atoms with Crippen LogP contribution in [0, 0.1) is 0 Å². The first kappa shape index (κ1) is 9.34. The number of phenols is 1. The van der Waals surface area contributed by atoms with Crippen LogP contribution in [0.5, 0.6) is 11.5 Å². The van der Waals surface area contributed by atoms with Crippen LogP contribution in [-0.2, 0) is 6.42 Å². The number of rotatable bonds is 1. The lowest BCUT2D eigenvalue weighted by Gasteiger charge is -2.21. The van der Waals surface area contributed by atoms with Crippen molar-refractivity contribution in [1.29, 1.82) is 0 Å². The summed E-state index contributed by atoms with van der Waals surface area (Å²) < 4.78 is 5.10. The molecule has 0 spiro atoms. The van der Waals surface area contributed by atoms with Crippen LogP contribution in [0.1, 0.15) is 24.1 Å². The van der Waals surface area contributed by atoms with Gasteiger partial charge in [-0.3, -0.25) is 0 Å². The topological polar surface area (TPSA) is 46.1 Å². The Bertz CT molecular complexity index is 349. The normalized spacial score (nSPS) is 20.3. The fraction of sp³-hybridized carbons (Fsp3) is 0.455. The Balaban J connectivity index is 2.49. The third-order valence-electron chi connectivity index (χ3n) is 2.87. The molecule has 1 heterocycles. The van der Waals surface area contributed by atoms with Crippen molar-refractivity contribution in [3.63, 3.8) is 0 Å². The predicted molar refractivity (Wildman–Crippen MR) is 53.6 cm³/mol. The smallest absolute Gasteiger partial charge is 0.161 e. The van der Waals surface area contributed by atoms with Gasteiger partial charge in [-0.1, -0.05) is 0 Å². The molecule has 0 saturated heterocycles. The number of hydrogen-bond donors (Lipinski definition) is 2. The van der Waals surface area contributed by atoms with Gasteiger partial charge in [-0.2, -0.15) is 0 Å². The average molecular weight is 194 g/mol. The molecule has 76 valence electrons. The zero-order chi connectivity index (χ0) is 10.1. The Morgan fingerprint density at radius 3 is 3.00 bits per heavy atom. The SMILES string of the molecule is COc1cc2c(cc1O)CC[NH2+][C@H]2C. The van der Waals surface area contributed by atoms with E-state index in [1.165, 1.54) is 11.1 Å². The number of hydrogen-bond acceptors (Lipinski definition) is 2. The molecule has 1 aliphatic heterocycles. The first-order chi connectivity index (χ1) is 6.72. The van der Waals surface area contributed by atoms with E-state index < -0.39 is 0 Å². The van der Waals surface area contributed by atoms with Gasteiger partial charge in [0.1, 0.15) is 6.04 Å². The standard InChI is InChI=1S/C11H15NO2/c1-7-9-6-11(14-2)10(13)5-8(9)3-4-12-7/h5-7,12-13H,3-4H2,1-2H3/p+1/t7-/m0/s1. The van der Waals surface area contributed by atoms with Gasteiger partial charge >= 0.3 is 0 Å². The minimum Gasteiger partial charge on any atom is -0.504 e. The lowest BCUT2D eigenvalue weighted by molar-refractivity contribution is -0.695. The molecule has 0 radical (unpaired) electrons. The van der Waals surface area contributed by atoms with E-state index in [2.05, 4.69) is 12.2 Å². The molecule has 1 aromatic carbocycles. The quantitative estimate of drug-likeness (QED) is 0.687. The van der Waals surface area contributed by atoms with Gasteiger partial charge in [0.05, 0.1) is 13.7 Å². The van der Waals surface area contributed by atoms with Crippen molar-refractivity contribution in [3.8, 4) is 11.5 Å². The second-order valence-electron chi connectivity index (χ2n) is 3.79. The maximum Gasteiger partial charge on any atom is 0.161 e. The molecule has 3 nitrogen and oxygen atoms in total. The van der Waals surface area contributed by atoms with Crippen molar-refractivity contribution in [1.82, 2.24) is 0 Å². The van der Waals surface area contributed by atoms with Crippen LogP contribution in [0.3, 0.4) is 0 Å². The zero-order valence-corrected chi connectivity index (χ0v) is 8.58. The van der Waals surface area contributed by atoms with E-state index in [-0.39, 0.29) is 5.75 Å². The van der Waals surface area contributed by atoms with Crippen molar-refractivity contribution in [2.24, 2.45) is 0 Å². The molecular weight excluding hydrogens is 178 g/mol. The molecular formula is C11H16NO2+. The summed E-state index contributed by atoms with van der Waals surface area (Å²) in [6.07, 6.45) is 1.03. The molecule has 1 aliphatic rings. The first-order valence-electron chi connectivity index (χ1n) is 4.95. The minimum absolute atomic E-state index is 0.250. The lowest BCUT2D eigenvalue weighted by Crippen LogP contribution is -2.86. The summed E-state index contributed by atoms with van der Waals surface area (Å²) in [6.45, 7) is 3.27. The van der Waals surface area contributed by atoms with E-state index in [9.17, 15) is 5.11 Å². The second-order valence-corrected chi connectivity index (χ2v) is 3.79. The van der Waals surface area contributed by atoms with Crippen molar-refractivity contribution < 1.29 is 15.2 Å². The maximum absolute atomic E-state index is 9.62. The Morgan fingerprint density at radius 2 is 2.29 bits per heavy atom. The van der Waals surface area contributed by atoms with Gasteiger partial charge in [0.25, 0.3) is 0 Å². The molecule has 0 unspecified atom stereocenters. The Morgan fingerprint density at radius 1 is 1.50 bits per heavy atom.